The van der Waals surface area contributed by atoms with Gasteiger partial charge in [0, 0.05) is 69.6 Å². The third-order valence-corrected chi connectivity index (χ3v) is 4.86. The molecule has 0 spiro atoms. The first-order valence-electron chi connectivity index (χ1n) is 10.2. The van der Waals surface area contributed by atoms with Crippen molar-refractivity contribution in [2.75, 3.05) is 0 Å². The molecule has 158 valence electrons. The number of hydrogen-bond donors (Lipinski definition) is 0. The van der Waals surface area contributed by atoms with Crippen LogP contribution in [0.3, 0.4) is 0 Å². The first-order chi connectivity index (χ1) is 13.1. The molecule has 28 heavy (non-hydrogen) atoms. The van der Waals surface area contributed by atoms with Gasteiger partial charge in [-0.25, -0.2) is 0 Å². The average molecular weight is 395 g/mol. The molecule has 0 aliphatic heterocycles. The van der Waals surface area contributed by atoms with E-state index in [0.29, 0.717) is 6.42 Å². The molecule has 6 nitrogen and oxygen atoms in total. The highest BCUT2D eigenvalue weighted by Crippen LogP contribution is 2.13. The Bertz CT molecular complexity index is 590. The summed E-state index contributed by atoms with van der Waals surface area (Å²) in [6, 6.07) is 0. The highest BCUT2D eigenvalue weighted by atomic mass is 16.2. The number of hydrogen-bond acceptors (Lipinski definition) is 6. The molecule has 0 aromatic heterocycles. The maximum absolute atomic E-state index is 12.0. The molecule has 6 heteroatoms. The van der Waals surface area contributed by atoms with Gasteiger partial charge in [0.1, 0.15) is 34.7 Å². The summed E-state index contributed by atoms with van der Waals surface area (Å²) in [6.45, 7) is 6.73. The lowest BCUT2D eigenvalue weighted by Crippen LogP contribution is -2.17. The fourth-order valence-electron chi connectivity index (χ4n) is 2.74. The summed E-state index contributed by atoms with van der Waals surface area (Å²) in [5.74, 6) is -1.25. The van der Waals surface area contributed by atoms with Gasteiger partial charge in [-0.05, 0) is 13.3 Å². The van der Waals surface area contributed by atoms with Crippen molar-refractivity contribution < 1.29 is 28.8 Å². The van der Waals surface area contributed by atoms with E-state index < -0.39 is 0 Å². The summed E-state index contributed by atoms with van der Waals surface area (Å²) in [4.78, 5) is 70.1. The summed E-state index contributed by atoms with van der Waals surface area (Å²) < 4.78 is 0. The molecular formula is C22H34O6. The van der Waals surface area contributed by atoms with Crippen molar-refractivity contribution in [2.24, 2.45) is 11.8 Å². The monoisotopic (exact) mass is 394 g/mol. The third kappa shape index (κ3) is 12.4. The topological polar surface area (TPSA) is 102 Å². The lowest BCUT2D eigenvalue weighted by Gasteiger charge is -2.09. The molecule has 0 rings (SSSR count). The van der Waals surface area contributed by atoms with E-state index in [0.717, 1.165) is 6.42 Å². The molecule has 0 saturated carbocycles. The van der Waals surface area contributed by atoms with E-state index in [9.17, 15) is 28.8 Å². The Morgan fingerprint density at radius 2 is 0.964 bits per heavy atom. The number of rotatable bonds is 17. The molecule has 0 amide bonds. The van der Waals surface area contributed by atoms with Gasteiger partial charge in [0.25, 0.3) is 0 Å². The van der Waals surface area contributed by atoms with Crippen LogP contribution in [-0.4, -0.2) is 34.7 Å². The van der Waals surface area contributed by atoms with Gasteiger partial charge in [-0.3, -0.25) is 28.8 Å². The molecular weight excluding hydrogens is 360 g/mol. The van der Waals surface area contributed by atoms with Crippen LogP contribution in [0.4, 0.5) is 0 Å². The van der Waals surface area contributed by atoms with Crippen LogP contribution in [-0.2, 0) is 28.8 Å². The van der Waals surface area contributed by atoms with Gasteiger partial charge < -0.3 is 0 Å². The van der Waals surface area contributed by atoms with Crippen molar-refractivity contribution >= 4 is 34.7 Å². The van der Waals surface area contributed by atoms with Gasteiger partial charge >= 0.3 is 0 Å². The highest BCUT2D eigenvalue weighted by Gasteiger charge is 2.18. The maximum Gasteiger partial charge on any atom is 0.136 e. The van der Waals surface area contributed by atoms with E-state index in [1.165, 1.54) is 6.92 Å². The van der Waals surface area contributed by atoms with Gasteiger partial charge in [0.15, 0.2) is 0 Å². The molecule has 0 heterocycles. The predicted octanol–water partition coefficient (Wildman–Crippen LogP) is 3.61. The second-order valence-corrected chi connectivity index (χ2v) is 7.69. The molecule has 0 aromatic rings. The first-order valence-corrected chi connectivity index (χ1v) is 10.2. The van der Waals surface area contributed by atoms with E-state index in [4.69, 9.17) is 0 Å². The molecule has 0 fully saturated rings. The van der Waals surface area contributed by atoms with Crippen LogP contribution in [0.15, 0.2) is 0 Å². The lowest BCUT2D eigenvalue weighted by molar-refractivity contribution is -0.129. The Labute approximate surface area is 167 Å². The second-order valence-electron chi connectivity index (χ2n) is 7.69. The van der Waals surface area contributed by atoms with E-state index >= 15 is 0 Å². The Hall–Kier alpha value is -1.98. The van der Waals surface area contributed by atoms with Crippen LogP contribution in [0, 0.1) is 11.8 Å². The second kappa shape index (κ2) is 14.1. The quantitative estimate of drug-likeness (QED) is 0.373. The minimum Gasteiger partial charge on any atom is -0.300 e. The normalized spacial score (nSPS) is 12.9. The molecule has 0 saturated heterocycles. The van der Waals surface area contributed by atoms with Crippen molar-refractivity contribution in [3.05, 3.63) is 0 Å². The van der Waals surface area contributed by atoms with E-state index in [1.807, 2.05) is 6.92 Å². The van der Waals surface area contributed by atoms with Crippen molar-refractivity contribution in [3.8, 4) is 0 Å². The number of Topliss-reactive ketones (excluding diaryl/α,β-unsaturated/α-hetero) is 6. The van der Waals surface area contributed by atoms with Crippen molar-refractivity contribution in [1.82, 2.24) is 0 Å². The van der Waals surface area contributed by atoms with Crippen molar-refractivity contribution in [3.63, 3.8) is 0 Å². The molecule has 0 aromatic carbocycles. The summed E-state index contributed by atoms with van der Waals surface area (Å²) in [6.07, 6.45) is 2.04. The smallest absolute Gasteiger partial charge is 0.136 e. The van der Waals surface area contributed by atoms with Crippen LogP contribution < -0.4 is 0 Å². The van der Waals surface area contributed by atoms with Gasteiger partial charge in [-0.1, -0.05) is 20.8 Å². The van der Waals surface area contributed by atoms with Crippen molar-refractivity contribution in [2.45, 2.75) is 91.9 Å². The van der Waals surface area contributed by atoms with E-state index in [1.54, 1.807) is 13.8 Å². The minimum absolute atomic E-state index is 0.0520. The molecule has 0 bridgehead atoms. The standard InChI is InChI=1S/C22H34O6/c1-5-6-20(26)14-16(3)22(28)12-11-19(25)8-7-18(24)9-10-21(27)13-15(2)17(4)23/h15-16H,5-14H2,1-4H3. The van der Waals surface area contributed by atoms with E-state index in [2.05, 4.69) is 0 Å². The summed E-state index contributed by atoms with van der Waals surface area (Å²) >= 11 is 0. The van der Waals surface area contributed by atoms with Gasteiger partial charge in [-0.15, -0.1) is 0 Å². The van der Waals surface area contributed by atoms with Gasteiger partial charge in [0.05, 0.1) is 0 Å². The molecule has 2 unspecified atom stereocenters. The summed E-state index contributed by atoms with van der Waals surface area (Å²) in [5.41, 5.74) is 0. The Morgan fingerprint density at radius 1 is 0.571 bits per heavy atom. The summed E-state index contributed by atoms with van der Waals surface area (Å²) in [5, 5.41) is 0. The zero-order chi connectivity index (χ0) is 21.7. The number of ketones is 6. The highest BCUT2D eigenvalue weighted by molar-refractivity contribution is 5.93. The summed E-state index contributed by atoms with van der Waals surface area (Å²) in [7, 11) is 0. The number of carbonyl (C=O) groups excluding carboxylic acids is 6. The van der Waals surface area contributed by atoms with Gasteiger partial charge in [0.2, 0.25) is 0 Å². The Morgan fingerprint density at radius 3 is 1.43 bits per heavy atom. The number of carbonyl (C=O) groups is 6. The largest absolute Gasteiger partial charge is 0.300 e. The predicted molar refractivity (Wildman–Crippen MR) is 106 cm³/mol. The first kappa shape index (κ1) is 26.0. The third-order valence-electron chi connectivity index (χ3n) is 4.86. The van der Waals surface area contributed by atoms with Crippen molar-refractivity contribution in [1.29, 1.82) is 0 Å². The van der Waals surface area contributed by atoms with Crippen LogP contribution in [0.25, 0.3) is 0 Å². The van der Waals surface area contributed by atoms with Crippen LogP contribution in [0.1, 0.15) is 91.9 Å². The van der Waals surface area contributed by atoms with E-state index in [-0.39, 0.29) is 97.9 Å². The van der Waals surface area contributed by atoms with Crippen LogP contribution >= 0.6 is 0 Å². The van der Waals surface area contributed by atoms with Crippen LogP contribution in [0.5, 0.6) is 0 Å². The molecule has 0 aliphatic carbocycles. The SMILES string of the molecule is CCCC(=O)CC(C)C(=O)CCC(=O)CCC(=O)CCC(=O)CC(C)C(C)=O. The van der Waals surface area contributed by atoms with Crippen LogP contribution in [0.2, 0.25) is 0 Å². The maximum atomic E-state index is 12.0. The molecule has 2 atom stereocenters. The molecule has 0 N–H and O–H groups in total. The minimum atomic E-state index is -0.378. The van der Waals surface area contributed by atoms with Gasteiger partial charge in [-0.2, -0.15) is 0 Å². The Balaban J connectivity index is 4.03. The zero-order valence-corrected chi connectivity index (χ0v) is 17.7. The Kier molecular flexibility index (Phi) is 13.1. The fourth-order valence-corrected chi connectivity index (χ4v) is 2.74. The lowest BCUT2D eigenvalue weighted by atomic mass is 9.94. The zero-order valence-electron chi connectivity index (χ0n) is 17.7. The molecule has 0 radical (unpaired) electrons. The average Bonchev–Trinajstić information content (AvgIpc) is 2.62. The molecule has 0 aliphatic rings. The fraction of sp³-hybridized carbons (Fsp3) is 0.727.